The highest BCUT2D eigenvalue weighted by Crippen LogP contribution is 2.52. The average molecular weight is 259 g/mol. The normalized spacial score (nSPS) is 38.2. The number of thioether (sulfide) groups is 1. The first kappa shape index (κ1) is 12.4. The number of nitrogens with zero attached hydrogens (tertiary/aromatic N) is 1. The second-order valence-electron chi connectivity index (χ2n) is 5.09. The molecule has 0 aliphatic carbocycles. The van der Waals surface area contributed by atoms with Crippen molar-refractivity contribution in [3.63, 3.8) is 0 Å². The second-order valence-corrected chi connectivity index (χ2v) is 6.92. The molecule has 2 rings (SSSR count). The molecule has 2 unspecified atom stereocenters. The van der Waals surface area contributed by atoms with Crippen LogP contribution in [0.25, 0.3) is 0 Å². The molecule has 2 aliphatic rings. The maximum Gasteiger partial charge on any atom is 0.522 e. The van der Waals surface area contributed by atoms with E-state index < -0.39 is 27.9 Å². The van der Waals surface area contributed by atoms with Crippen LogP contribution >= 0.6 is 11.8 Å². The number of rotatable bonds is 1. The molecule has 2 fully saturated rings. The number of quaternary nitrogens is 1. The van der Waals surface area contributed by atoms with Crippen molar-refractivity contribution in [3.05, 3.63) is 0 Å². The van der Waals surface area contributed by atoms with Gasteiger partial charge in [-0.1, -0.05) is 11.8 Å². The number of carboxylic acid groups (broad SMARTS) is 1. The van der Waals surface area contributed by atoms with Crippen LogP contribution < -0.4 is 5.32 Å². The molecule has 0 radical (unpaired) electrons. The summed E-state index contributed by atoms with van der Waals surface area (Å²) in [5, 5.41) is 11.4. The molecule has 17 heavy (non-hydrogen) atoms. The van der Waals surface area contributed by atoms with Crippen LogP contribution in [-0.2, 0) is 9.59 Å². The van der Waals surface area contributed by atoms with E-state index in [1.54, 1.807) is 0 Å². The Bertz CT molecular complexity index is 423. The van der Waals surface area contributed by atoms with E-state index in [9.17, 15) is 19.5 Å². The van der Waals surface area contributed by atoms with Gasteiger partial charge in [0.2, 0.25) is 11.9 Å². The Morgan fingerprint density at radius 3 is 2.59 bits per heavy atom. The molecule has 2 N–H and O–H groups in total. The number of amides is 3. The van der Waals surface area contributed by atoms with E-state index in [4.69, 9.17) is 0 Å². The lowest BCUT2D eigenvalue weighted by Gasteiger charge is -2.44. The number of hydrogen-bond acceptors (Lipinski definition) is 4. The zero-order valence-corrected chi connectivity index (χ0v) is 10.7. The highest BCUT2D eigenvalue weighted by atomic mass is 32.2. The fourth-order valence-corrected chi connectivity index (χ4v) is 4.28. The quantitative estimate of drug-likeness (QED) is 0.525. The van der Waals surface area contributed by atoms with E-state index in [-0.39, 0.29) is 17.2 Å². The van der Waals surface area contributed by atoms with Crippen LogP contribution in [0, 0.1) is 0 Å². The lowest BCUT2D eigenvalue weighted by Crippen LogP contribution is -2.80. The Kier molecular flexibility index (Phi) is 2.52. The summed E-state index contributed by atoms with van der Waals surface area (Å²) in [4.78, 5) is 34.3. The van der Waals surface area contributed by atoms with E-state index in [1.807, 2.05) is 13.8 Å². The summed E-state index contributed by atoms with van der Waals surface area (Å²) in [6.45, 7) is 5.42. The second kappa shape index (κ2) is 3.46. The number of carbonyl (C=O) groups is 3. The van der Waals surface area contributed by atoms with Crippen molar-refractivity contribution in [2.24, 2.45) is 0 Å². The summed E-state index contributed by atoms with van der Waals surface area (Å²) in [5.74, 6) is -0.729. The molecule has 6 nitrogen and oxygen atoms in total. The summed E-state index contributed by atoms with van der Waals surface area (Å²) in [6.07, 6.45) is -1.13. The van der Waals surface area contributed by atoms with Gasteiger partial charge in [0, 0.05) is 6.92 Å². The monoisotopic (exact) mass is 259 g/mol. The highest BCUT2D eigenvalue weighted by molar-refractivity contribution is 8.01. The lowest BCUT2D eigenvalue weighted by atomic mass is 10.00. The van der Waals surface area contributed by atoms with Gasteiger partial charge in [-0.2, -0.15) is 4.79 Å². The third-order valence-corrected chi connectivity index (χ3v) is 4.79. The van der Waals surface area contributed by atoms with Gasteiger partial charge in [-0.3, -0.25) is 4.79 Å². The Labute approximate surface area is 103 Å². The molecule has 0 spiro atoms. The van der Waals surface area contributed by atoms with Crippen molar-refractivity contribution in [2.45, 2.75) is 36.9 Å². The predicted molar refractivity (Wildman–Crippen MR) is 61.2 cm³/mol. The van der Waals surface area contributed by atoms with Crippen LogP contribution in [-0.4, -0.2) is 50.2 Å². The maximum absolute atomic E-state index is 12.0. The Morgan fingerprint density at radius 1 is 1.53 bits per heavy atom. The summed E-state index contributed by atoms with van der Waals surface area (Å²) in [7, 11) is 0. The zero-order chi connectivity index (χ0) is 13.0. The van der Waals surface area contributed by atoms with Crippen LogP contribution in [0.5, 0.6) is 0 Å². The van der Waals surface area contributed by atoms with Crippen molar-refractivity contribution in [3.8, 4) is 0 Å². The van der Waals surface area contributed by atoms with Crippen LogP contribution in [0.15, 0.2) is 0 Å². The first-order chi connectivity index (χ1) is 7.70. The first-order valence-electron chi connectivity index (χ1n) is 5.31. The largest absolute Gasteiger partial charge is 0.522 e. The van der Waals surface area contributed by atoms with E-state index >= 15 is 0 Å². The smallest absolute Gasteiger partial charge is 0.435 e. The molecule has 0 bridgehead atoms. The number of hydrogen-bond donors (Lipinski definition) is 2. The molecule has 0 aromatic carbocycles. The molecule has 0 aromatic rings. The van der Waals surface area contributed by atoms with Gasteiger partial charge in [-0.05, 0) is 13.8 Å². The van der Waals surface area contributed by atoms with Crippen molar-refractivity contribution in [1.82, 2.24) is 5.32 Å². The molecule has 7 heteroatoms. The summed E-state index contributed by atoms with van der Waals surface area (Å²) in [6, 6.07) is -0.671. The number of imide groups is 1. The number of β-lactam (4-membered cyclic amide) rings is 1. The van der Waals surface area contributed by atoms with Crippen molar-refractivity contribution >= 4 is 29.7 Å². The third-order valence-electron chi connectivity index (χ3n) is 3.15. The van der Waals surface area contributed by atoms with E-state index in [0.29, 0.717) is 0 Å². The van der Waals surface area contributed by atoms with E-state index in [0.717, 1.165) is 0 Å². The molecule has 2 aliphatic heterocycles. The summed E-state index contributed by atoms with van der Waals surface area (Å²) in [5.41, 5.74) is 0. The van der Waals surface area contributed by atoms with E-state index in [2.05, 4.69) is 5.32 Å². The van der Waals surface area contributed by atoms with Gasteiger partial charge in [0.1, 0.15) is 6.54 Å². The van der Waals surface area contributed by atoms with Gasteiger partial charge in [0.15, 0.2) is 5.37 Å². The van der Waals surface area contributed by atoms with Crippen LogP contribution in [0.1, 0.15) is 20.8 Å². The molecule has 3 atom stereocenters. The third kappa shape index (κ3) is 1.56. The molecular weight excluding hydrogens is 244 g/mol. The van der Waals surface area contributed by atoms with Gasteiger partial charge in [0.05, 0.1) is 4.75 Å². The first-order valence-corrected chi connectivity index (χ1v) is 6.19. The van der Waals surface area contributed by atoms with Crippen molar-refractivity contribution < 1.29 is 24.0 Å². The maximum atomic E-state index is 12.0. The van der Waals surface area contributed by atoms with Crippen LogP contribution in [0.2, 0.25) is 0 Å². The standard InChI is InChI=1S/C10H14N2O4S/c1-5(13)11-6-7(14)12(9(15)16)4-10(2,3)17-8(6)12/h6,8H,4H2,1-3H3,(H-,11,13,15,16)/p+1/t6?,8-,12?/m0/s1. The van der Waals surface area contributed by atoms with Crippen LogP contribution in [0.4, 0.5) is 4.79 Å². The topological polar surface area (TPSA) is 83.5 Å². The predicted octanol–water partition coefficient (Wildman–Crippen LogP) is 0.378. The SMILES string of the molecule is CC(=O)NC1C(=O)[N+]2(C(=O)O)CC(C)(C)S[C@@H]12. The minimum absolute atomic E-state index is 0.270. The van der Waals surface area contributed by atoms with Crippen molar-refractivity contribution in [2.75, 3.05) is 6.54 Å². The molecule has 0 aromatic heterocycles. The number of carbonyl (C=O) groups excluding carboxylic acids is 2. The lowest BCUT2D eigenvalue weighted by molar-refractivity contribution is -0.818. The molecule has 94 valence electrons. The molecule has 2 heterocycles. The summed E-state index contributed by atoms with van der Waals surface area (Å²) < 4.78 is -0.825. The summed E-state index contributed by atoms with van der Waals surface area (Å²) >= 11 is 1.45. The minimum Gasteiger partial charge on any atom is -0.435 e. The Hall–Kier alpha value is -1.08. The number of fused-ring (bicyclic) bond motifs is 1. The van der Waals surface area contributed by atoms with E-state index in [1.165, 1.54) is 18.7 Å². The van der Waals surface area contributed by atoms with Crippen molar-refractivity contribution in [1.29, 1.82) is 0 Å². The fraction of sp³-hybridized carbons (Fsp3) is 0.700. The highest BCUT2D eigenvalue weighted by Gasteiger charge is 2.75. The Morgan fingerprint density at radius 2 is 2.12 bits per heavy atom. The molecule has 2 saturated heterocycles. The van der Waals surface area contributed by atoms with Gasteiger partial charge in [-0.15, -0.1) is 4.48 Å². The fourth-order valence-electron chi connectivity index (χ4n) is 2.58. The van der Waals surface area contributed by atoms with Crippen LogP contribution in [0.3, 0.4) is 0 Å². The van der Waals surface area contributed by atoms with Gasteiger partial charge in [0.25, 0.3) is 0 Å². The molecular formula is C10H15N2O4S+. The molecule has 3 amide bonds. The van der Waals surface area contributed by atoms with Gasteiger partial charge >= 0.3 is 12.0 Å². The minimum atomic E-state index is -1.13. The average Bonchev–Trinajstić information content (AvgIpc) is 2.44. The molecule has 0 saturated carbocycles. The Balaban J connectivity index is 2.30. The van der Waals surface area contributed by atoms with Gasteiger partial charge in [-0.25, -0.2) is 4.79 Å². The van der Waals surface area contributed by atoms with Gasteiger partial charge < -0.3 is 10.4 Å². The number of nitrogens with one attached hydrogen (secondary N) is 1. The zero-order valence-electron chi connectivity index (χ0n) is 9.89.